The van der Waals surface area contributed by atoms with Crippen molar-refractivity contribution in [3.05, 3.63) is 60.8 Å². The maximum absolute atomic E-state index is 13.0. The lowest BCUT2D eigenvalue weighted by molar-refractivity contribution is -0.870. The first-order valence-electron chi connectivity index (χ1n) is 29.7. The van der Waals surface area contributed by atoms with Crippen molar-refractivity contribution in [2.45, 2.75) is 283 Å². The van der Waals surface area contributed by atoms with Crippen molar-refractivity contribution in [1.82, 2.24) is 5.32 Å². The average Bonchev–Trinajstić information content (AvgIpc) is 3.32. The second-order valence-electron chi connectivity index (χ2n) is 21.3. The lowest BCUT2D eigenvalue weighted by Crippen LogP contribution is -2.45. The van der Waals surface area contributed by atoms with Crippen LogP contribution in [-0.4, -0.2) is 73.4 Å². The number of nitrogens with zero attached hydrogens (tertiary/aromatic N) is 1. The average molecular weight is 1000 g/mol. The lowest BCUT2D eigenvalue weighted by atomic mass is 10.0. The first-order chi connectivity index (χ1) is 34.0. The molecule has 3 atom stereocenters. The van der Waals surface area contributed by atoms with Gasteiger partial charge in [-0.1, -0.05) is 248 Å². The van der Waals surface area contributed by atoms with E-state index < -0.39 is 20.0 Å². The Bertz CT molecular complexity index is 1320. The van der Waals surface area contributed by atoms with Gasteiger partial charge in [0, 0.05) is 6.42 Å². The molecule has 1 amide bonds. The topological polar surface area (TPSA) is 105 Å². The molecule has 0 bridgehead atoms. The first-order valence-corrected chi connectivity index (χ1v) is 31.2. The molecule has 0 saturated carbocycles. The molecule has 3 N–H and O–H groups in total. The summed E-state index contributed by atoms with van der Waals surface area (Å²) in [5.74, 6) is -0.190. The maximum atomic E-state index is 13.0. The molecule has 0 aliphatic heterocycles. The predicted octanol–water partition coefficient (Wildman–Crippen LogP) is 18.1. The Hall–Kier alpha value is -1.80. The van der Waals surface area contributed by atoms with Gasteiger partial charge in [-0.15, -0.1) is 0 Å². The van der Waals surface area contributed by atoms with Crippen LogP contribution >= 0.6 is 7.82 Å². The third-order valence-electron chi connectivity index (χ3n) is 13.2. The van der Waals surface area contributed by atoms with Gasteiger partial charge < -0.3 is 19.8 Å². The van der Waals surface area contributed by atoms with Gasteiger partial charge in [-0.05, 0) is 77.0 Å². The van der Waals surface area contributed by atoms with Crippen LogP contribution in [0.3, 0.4) is 0 Å². The molecular weight excluding hydrogens is 888 g/mol. The number of quaternary nitrogens is 1. The fourth-order valence-electron chi connectivity index (χ4n) is 8.52. The Morgan fingerprint density at radius 3 is 1.23 bits per heavy atom. The Kier molecular flexibility index (Phi) is 50.7. The van der Waals surface area contributed by atoms with Crippen LogP contribution < -0.4 is 5.32 Å². The molecule has 0 aliphatic carbocycles. The maximum Gasteiger partial charge on any atom is 0.472 e. The fourth-order valence-corrected chi connectivity index (χ4v) is 9.25. The summed E-state index contributed by atoms with van der Waals surface area (Å²) in [7, 11) is 1.55. The number of phosphoric acid groups is 1. The molecule has 0 rings (SSSR count). The summed E-state index contributed by atoms with van der Waals surface area (Å²) in [5.41, 5.74) is 0. The number of aliphatic hydroxyl groups excluding tert-OH is 1. The molecule has 0 aromatic heterocycles. The summed E-state index contributed by atoms with van der Waals surface area (Å²) in [5, 5.41) is 13.9. The predicted molar refractivity (Wildman–Crippen MR) is 304 cm³/mol. The molecule has 0 spiro atoms. The molecule has 8 nitrogen and oxygen atoms in total. The summed E-state index contributed by atoms with van der Waals surface area (Å²) in [6.07, 6.45) is 70.5. The summed E-state index contributed by atoms with van der Waals surface area (Å²) >= 11 is 0. The monoisotopic (exact) mass is 1000 g/mol. The van der Waals surface area contributed by atoms with Crippen LogP contribution in [0, 0.1) is 0 Å². The van der Waals surface area contributed by atoms with Crippen LogP contribution in [-0.2, 0) is 18.4 Å². The molecule has 9 heteroatoms. The molecule has 3 unspecified atom stereocenters. The Balaban J connectivity index is 4.15. The summed E-state index contributed by atoms with van der Waals surface area (Å²) in [6.45, 7) is 4.80. The second kappa shape index (κ2) is 52.1. The van der Waals surface area contributed by atoms with E-state index in [9.17, 15) is 19.4 Å². The number of allylic oxidation sites excluding steroid dienone is 9. The van der Waals surface area contributed by atoms with Crippen molar-refractivity contribution < 1.29 is 32.9 Å². The van der Waals surface area contributed by atoms with E-state index in [1.165, 1.54) is 199 Å². The third-order valence-corrected chi connectivity index (χ3v) is 14.2. The van der Waals surface area contributed by atoms with Crippen molar-refractivity contribution in [3.8, 4) is 0 Å². The normalized spacial score (nSPS) is 14.3. The van der Waals surface area contributed by atoms with Gasteiger partial charge in [0.05, 0.1) is 39.9 Å². The number of amides is 1. The zero-order chi connectivity index (χ0) is 51.3. The number of likely N-dealkylation sites (N-methyl/N-ethyl adjacent to an activating group) is 1. The second-order valence-corrected chi connectivity index (χ2v) is 22.8. The highest BCUT2D eigenvalue weighted by molar-refractivity contribution is 7.47. The van der Waals surface area contributed by atoms with E-state index in [1.54, 1.807) is 6.08 Å². The van der Waals surface area contributed by atoms with E-state index in [2.05, 4.69) is 67.8 Å². The van der Waals surface area contributed by atoms with Crippen molar-refractivity contribution in [3.63, 3.8) is 0 Å². The highest BCUT2D eigenvalue weighted by Gasteiger charge is 2.27. The van der Waals surface area contributed by atoms with Gasteiger partial charge >= 0.3 is 7.82 Å². The zero-order valence-electron chi connectivity index (χ0n) is 46.8. The highest BCUT2D eigenvalue weighted by Crippen LogP contribution is 2.43. The highest BCUT2D eigenvalue weighted by atomic mass is 31.2. The van der Waals surface area contributed by atoms with Crippen molar-refractivity contribution >= 4 is 13.7 Å². The van der Waals surface area contributed by atoms with Gasteiger partial charge in [0.1, 0.15) is 13.2 Å². The standard InChI is InChI=1S/C61H115N2O6P/c1-6-8-10-12-14-16-18-20-22-24-25-26-27-28-29-30-31-32-33-34-35-36-37-39-41-43-45-47-49-51-53-55-61(65)62-59(58-69-70(66,67)68-57-56-63(3,4)5)60(64)54-52-50-48-46-44-42-40-38-23-21-19-17-15-13-11-9-7-2/h23,25-26,28-29,38,44,46,52,54,59-60,64H,6-22,24,27,30-37,39-43,45,47-51,53,55-58H2,1-5H3,(H-,62,65,66,67)/p+1/b26-25-,29-28-,38-23+,46-44+,54-52+. The molecule has 0 saturated heterocycles. The van der Waals surface area contributed by atoms with Gasteiger partial charge in [-0.25, -0.2) is 4.57 Å². The van der Waals surface area contributed by atoms with Crippen LogP contribution in [0.25, 0.3) is 0 Å². The van der Waals surface area contributed by atoms with E-state index in [4.69, 9.17) is 9.05 Å². The van der Waals surface area contributed by atoms with Crippen molar-refractivity contribution in [1.29, 1.82) is 0 Å². The van der Waals surface area contributed by atoms with Gasteiger partial charge in [0.25, 0.3) is 0 Å². The van der Waals surface area contributed by atoms with E-state index >= 15 is 0 Å². The van der Waals surface area contributed by atoms with E-state index in [-0.39, 0.29) is 19.1 Å². The van der Waals surface area contributed by atoms with Gasteiger partial charge in [0.2, 0.25) is 5.91 Å². The summed E-state index contributed by atoms with van der Waals surface area (Å²) in [6, 6.07) is -0.871. The number of hydrogen-bond donors (Lipinski definition) is 3. The Morgan fingerprint density at radius 2 is 0.829 bits per heavy atom. The van der Waals surface area contributed by atoms with Gasteiger partial charge in [0.15, 0.2) is 0 Å². The smallest absolute Gasteiger partial charge is 0.387 e. The number of unbranched alkanes of at least 4 members (excludes halogenated alkanes) is 33. The SMILES string of the molecule is CCCCCCCCC/C=C/CC/C=C/CC/C=C/C(O)C(COP(=O)(O)OCC[N+](C)(C)C)NC(=O)CCCCCCCCCCCCCCCCC/C=C\C/C=C\CCCCCCCCCCC. The molecule has 410 valence electrons. The molecule has 0 aromatic carbocycles. The first kappa shape index (κ1) is 68.2. The lowest BCUT2D eigenvalue weighted by Gasteiger charge is -2.25. The largest absolute Gasteiger partial charge is 0.472 e. The number of rotatable bonds is 54. The van der Waals surface area contributed by atoms with Crippen LogP contribution in [0.4, 0.5) is 0 Å². The molecule has 0 fully saturated rings. The third kappa shape index (κ3) is 54.0. The minimum Gasteiger partial charge on any atom is -0.387 e. The number of carbonyl (C=O) groups excluding carboxylic acids is 1. The van der Waals surface area contributed by atoms with Crippen LogP contribution in [0.5, 0.6) is 0 Å². The summed E-state index contributed by atoms with van der Waals surface area (Å²) in [4.78, 5) is 23.3. The quantitative estimate of drug-likeness (QED) is 0.0243. The van der Waals surface area contributed by atoms with Crippen molar-refractivity contribution in [2.24, 2.45) is 0 Å². The minimum atomic E-state index is -4.36. The Morgan fingerprint density at radius 1 is 0.486 bits per heavy atom. The molecule has 70 heavy (non-hydrogen) atoms. The number of carbonyl (C=O) groups is 1. The van der Waals surface area contributed by atoms with E-state index in [1.807, 2.05) is 27.2 Å². The van der Waals surface area contributed by atoms with E-state index in [0.717, 1.165) is 51.4 Å². The zero-order valence-corrected chi connectivity index (χ0v) is 47.7. The van der Waals surface area contributed by atoms with Crippen molar-refractivity contribution in [2.75, 3.05) is 40.9 Å². The van der Waals surface area contributed by atoms with Crippen LogP contribution in [0.2, 0.25) is 0 Å². The number of hydrogen-bond acceptors (Lipinski definition) is 5. The van der Waals surface area contributed by atoms with Gasteiger partial charge in [-0.3, -0.25) is 13.8 Å². The van der Waals surface area contributed by atoms with Crippen LogP contribution in [0.15, 0.2) is 60.8 Å². The van der Waals surface area contributed by atoms with Gasteiger partial charge in [-0.2, -0.15) is 0 Å². The minimum absolute atomic E-state index is 0.0525. The summed E-state index contributed by atoms with van der Waals surface area (Å²) < 4.78 is 23.7. The fraction of sp³-hybridized carbons (Fsp3) is 0.820. The Labute approximate surface area is 434 Å². The molecular formula is C61H116N2O6P+. The molecule has 0 aliphatic rings. The number of phosphoric ester groups is 1. The molecule has 0 aromatic rings. The van der Waals surface area contributed by atoms with Crippen LogP contribution in [0.1, 0.15) is 271 Å². The number of aliphatic hydroxyl groups is 1. The molecule has 0 heterocycles. The molecule has 0 radical (unpaired) electrons. The number of nitrogens with one attached hydrogen (secondary N) is 1. The van der Waals surface area contributed by atoms with E-state index in [0.29, 0.717) is 17.4 Å².